The summed E-state index contributed by atoms with van der Waals surface area (Å²) in [5.74, 6) is -0.403. The molecular weight excluding hydrogens is 317 g/mol. The summed E-state index contributed by atoms with van der Waals surface area (Å²) in [6.07, 6.45) is -0.0314. The van der Waals surface area contributed by atoms with E-state index in [0.717, 1.165) is 12.1 Å². The van der Waals surface area contributed by atoms with Gasteiger partial charge in [-0.3, -0.25) is 9.78 Å². The minimum Gasteiger partial charge on any atom is -0.288 e. The van der Waals surface area contributed by atoms with E-state index in [1.54, 1.807) is 30.5 Å². The van der Waals surface area contributed by atoms with Crippen molar-refractivity contribution in [2.24, 2.45) is 0 Å². The molecule has 0 bridgehead atoms. The molecule has 0 saturated carbocycles. The molecule has 0 aliphatic carbocycles. The first-order valence-corrected chi connectivity index (χ1v) is 7.05. The number of carbonyl (C=O) groups excluding carboxylic acids is 1. The maximum atomic E-state index is 12.8. The van der Waals surface area contributed by atoms with Gasteiger partial charge in [-0.15, -0.1) is 0 Å². The zero-order chi connectivity index (χ0) is 17.2. The van der Waals surface area contributed by atoms with Gasteiger partial charge in [-0.05, 0) is 42.5 Å². The fraction of sp³-hybridized carbons (Fsp3) is 0.0556. The lowest BCUT2D eigenvalue weighted by atomic mass is 10.1. The van der Waals surface area contributed by atoms with Crippen LogP contribution in [-0.4, -0.2) is 15.8 Å². The lowest BCUT2D eigenvalue weighted by molar-refractivity contribution is -0.137. The van der Waals surface area contributed by atoms with Gasteiger partial charge < -0.3 is 0 Å². The van der Waals surface area contributed by atoms with E-state index in [2.05, 4.69) is 9.97 Å². The predicted octanol–water partition coefficient (Wildman–Crippen LogP) is 4.54. The van der Waals surface area contributed by atoms with Gasteiger partial charge >= 0.3 is 6.18 Å². The highest BCUT2D eigenvalue weighted by atomic mass is 19.4. The molecule has 0 amide bonds. The molecule has 0 saturated heterocycles. The first-order chi connectivity index (χ1) is 11.4. The van der Waals surface area contributed by atoms with E-state index in [-0.39, 0.29) is 11.2 Å². The van der Waals surface area contributed by atoms with Gasteiger partial charge in [-0.25, -0.2) is 4.98 Å². The number of pyridine rings is 2. The fourth-order valence-electron chi connectivity index (χ4n) is 2.15. The summed E-state index contributed by atoms with van der Waals surface area (Å²) in [7, 11) is 0. The SMILES string of the molecule is O=C(/C=C/c1ccccn1)c1ccc2ccc(C(F)(F)F)cc2n1. The largest absolute Gasteiger partial charge is 0.416 e. The van der Waals surface area contributed by atoms with Crippen LogP contribution in [-0.2, 0) is 6.18 Å². The highest BCUT2D eigenvalue weighted by molar-refractivity contribution is 6.06. The Morgan fingerprint density at radius 3 is 2.54 bits per heavy atom. The number of aromatic nitrogens is 2. The van der Waals surface area contributed by atoms with Gasteiger partial charge in [0, 0.05) is 11.6 Å². The van der Waals surface area contributed by atoms with E-state index in [4.69, 9.17) is 0 Å². The number of hydrogen-bond acceptors (Lipinski definition) is 3. The highest BCUT2D eigenvalue weighted by Crippen LogP contribution is 2.31. The summed E-state index contributed by atoms with van der Waals surface area (Å²) in [6, 6.07) is 11.6. The average Bonchev–Trinajstić information content (AvgIpc) is 2.59. The number of fused-ring (bicyclic) bond motifs is 1. The quantitative estimate of drug-likeness (QED) is 0.523. The van der Waals surface area contributed by atoms with Crippen molar-refractivity contribution in [2.75, 3.05) is 0 Å². The molecule has 2 heterocycles. The number of benzene rings is 1. The molecule has 24 heavy (non-hydrogen) atoms. The summed E-state index contributed by atoms with van der Waals surface area (Å²) in [4.78, 5) is 20.2. The molecule has 0 aliphatic rings. The molecule has 6 heteroatoms. The van der Waals surface area contributed by atoms with Crippen LogP contribution in [0.2, 0.25) is 0 Å². The highest BCUT2D eigenvalue weighted by Gasteiger charge is 2.30. The molecule has 0 spiro atoms. The summed E-state index contributed by atoms with van der Waals surface area (Å²) >= 11 is 0. The summed E-state index contributed by atoms with van der Waals surface area (Å²) in [5, 5.41) is 0.535. The monoisotopic (exact) mass is 328 g/mol. The maximum absolute atomic E-state index is 12.8. The van der Waals surface area contributed by atoms with Crippen molar-refractivity contribution in [3.63, 3.8) is 0 Å². The predicted molar refractivity (Wildman–Crippen MR) is 84.3 cm³/mol. The molecular formula is C18H11F3N2O. The van der Waals surface area contributed by atoms with Crippen molar-refractivity contribution in [3.8, 4) is 0 Å². The van der Waals surface area contributed by atoms with Crippen LogP contribution in [0, 0.1) is 0 Å². The molecule has 0 atom stereocenters. The molecule has 0 fully saturated rings. The number of halogens is 3. The second kappa shape index (κ2) is 6.23. The van der Waals surface area contributed by atoms with Crippen LogP contribution < -0.4 is 0 Å². The van der Waals surface area contributed by atoms with Gasteiger partial charge in [0.15, 0.2) is 0 Å². The zero-order valence-corrected chi connectivity index (χ0v) is 12.3. The molecule has 3 nitrogen and oxygen atoms in total. The smallest absolute Gasteiger partial charge is 0.288 e. The van der Waals surface area contributed by atoms with Gasteiger partial charge in [0.25, 0.3) is 0 Å². The third kappa shape index (κ3) is 3.48. The number of ketones is 1. The zero-order valence-electron chi connectivity index (χ0n) is 12.3. The first kappa shape index (κ1) is 15.9. The molecule has 120 valence electrons. The van der Waals surface area contributed by atoms with Crippen molar-refractivity contribution in [3.05, 3.63) is 77.8 Å². The molecule has 0 aliphatic heterocycles. The molecule has 0 N–H and O–H groups in total. The Labute approximate surface area is 135 Å². The van der Waals surface area contributed by atoms with E-state index in [9.17, 15) is 18.0 Å². The number of nitrogens with zero attached hydrogens (tertiary/aromatic N) is 2. The van der Waals surface area contributed by atoms with Crippen molar-refractivity contribution in [2.45, 2.75) is 6.18 Å². The van der Waals surface area contributed by atoms with E-state index >= 15 is 0 Å². The number of alkyl halides is 3. The molecule has 3 rings (SSSR count). The Balaban J connectivity index is 1.92. The maximum Gasteiger partial charge on any atom is 0.416 e. The average molecular weight is 328 g/mol. The minimum atomic E-state index is -4.45. The van der Waals surface area contributed by atoms with Crippen LogP contribution in [0.5, 0.6) is 0 Å². The van der Waals surface area contributed by atoms with Crippen LogP contribution >= 0.6 is 0 Å². The second-order valence-corrected chi connectivity index (χ2v) is 5.05. The second-order valence-electron chi connectivity index (χ2n) is 5.05. The third-order valence-electron chi connectivity index (χ3n) is 3.37. The van der Waals surface area contributed by atoms with Crippen LogP contribution in [0.3, 0.4) is 0 Å². The Kier molecular flexibility index (Phi) is 4.12. The van der Waals surface area contributed by atoms with Crippen LogP contribution in [0.4, 0.5) is 13.2 Å². The Morgan fingerprint density at radius 1 is 1.04 bits per heavy atom. The Bertz CT molecular complexity index is 918. The normalized spacial score (nSPS) is 12.0. The van der Waals surface area contributed by atoms with E-state index in [0.29, 0.717) is 11.1 Å². The first-order valence-electron chi connectivity index (χ1n) is 7.05. The van der Waals surface area contributed by atoms with Crippen molar-refractivity contribution in [1.29, 1.82) is 0 Å². The minimum absolute atomic E-state index is 0.0778. The molecule has 0 radical (unpaired) electrons. The van der Waals surface area contributed by atoms with Crippen LogP contribution in [0.1, 0.15) is 21.7 Å². The van der Waals surface area contributed by atoms with E-state index in [1.807, 2.05) is 0 Å². The third-order valence-corrected chi connectivity index (χ3v) is 3.37. The Hall–Kier alpha value is -3.02. The van der Waals surface area contributed by atoms with Crippen molar-refractivity contribution >= 4 is 22.8 Å². The van der Waals surface area contributed by atoms with Gasteiger partial charge in [-0.1, -0.05) is 18.2 Å². The number of rotatable bonds is 3. The van der Waals surface area contributed by atoms with Crippen LogP contribution in [0.25, 0.3) is 17.0 Å². The number of carbonyl (C=O) groups is 1. The molecule has 3 aromatic rings. The van der Waals surface area contributed by atoms with Crippen molar-refractivity contribution in [1.82, 2.24) is 9.97 Å². The van der Waals surface area contributed by atoms with Crippen LogP contribution in [0.15, 0.2) is 60.8 Å². The summed E-state index contributed by atoms with van der Waals surface area (Å²) in [5.41, 5.74) is 0.0121. The van der Waals surface area contributed by atoms with Gasteiger partial charge in [-0.2, -0.15) is 13.2 Å². The van der Waals surface area contributed by atoms with Gasteiger partial charge in [0.05, 0.1) is 16.8 Å². The van der Waals surface area contributed by atoms with Gasteiger partial charge in [0.1, 0.15) is 5.69 Å². The number of hydrogen-bond donors (Lipinski definition) is 0. The van der Waals surface area contributed by atoms with E-state index < -0.39 is 17.5 Å². The lowest BCUT2D eigenvalue weighted by Gasteiger charge is -2.07. The standard InChI is InChI=1S/C18H11F3N2O/c19-18(20,21)13-6-4-12-5-8-15(23-16(12)11-13)17(24)9-7-14-3-1-2-10-22-14/h1-11H/b9-7+. The number of allylic oxidation sites excluding steroid dienone is 1. The molecule has 1 aromatic carbocycles. The van der Waals surface area contributed by atoms with E-state index in [1.165, 1.54) is 24.3 Å². The summed E-state index contributed by atoms with van der Waals surface area (Å²) in [6.45, 7) is 0. The van der Waals surface area contributed by atoms with Crippen molar-refractivity contribution < 1.29 is 18.0 Å². The summed E-state index contributed by atoms with van der Waals surface area (Å²) < 4.78 is 38.3. The molecule has 2 aromatic heterocycles. The molecule has 0 unspecified atom stereocenters. The fourth-order valence-corrected chi connectivity index (χ4v) is 2.15. The Morgan fingerprint density at radius 2 is 1.83 bits per heavy atom. The lowest BCUT2D eigenvalue weighted by Crippen LogP contribution is -2.05. The topological polar surface area (TPSA) is 42.9 Å². The van der Waals surface area contributed by atoms with Gasteiger partial charge in [0.2, 0.25) is 5.78 Å².